The van der Waals surface area contributed by atoms with Gasteiger partial charge in [0.2, 0.25) is 0 Å². The van der Waals surface area contributed by atoms with Crippen LogP contribution >= 0.6 is 0 Å². The van der Waals surface area contributed by atoms with E-state index in [2.05, 4.69) is 69.8 Å². The van der Waals surface area contributed by atoms with Crippen molar-refractivity contribution in [2.45, 2.75) is 53.3 Å². The summed E-state index contributed by atoms with van der Waals surface area (Å²) in [6.45, 7) is 7.15. The van der Waals surface area contributed by atoms with Crippen LogP contribution in [0.25, 0.3) is 72.3 Å². The van der Waals surface area contributed by atoms with E-state index in [9.17, 15) is 2.74 Å². The number of rotatable bonds is 6. The van der Waals surface area contributed by atoms with Gasteiger partial charge >= 0.3 is 0 Å². The van der Waals surface area contributed by atoms with Crippen molar-refractivity contribution in [1.82, 2.24) is 4.57 Å². The summed E-state index contributed by atoms with van der Waals surface area (Å²) in [7, 11) is 2.01. The maximum absolute atomic E-state index is 9.64. The van der Waals surface area contributed by atoms with Gasteiger partial charge in [-0.2, -0.15) is 4.57 Å². The zero-order chi connectivity index (χ0) is 38.3. The van der Waals surface area contributed by atoms with Crippen LogP contribution in [0.4, 0.5) is 0 Å². The lowest BCUT2D eigenvalue weighted by atomic mass is 9.87. The van der Waals surface area contributed by atoms with Crippen LogP contribution in [-0.2, 0) is 7.05 Å². The first kappa shape index (κ1) is 25.6. The summed E-state index contributed by atoms with van der Waals surface area (Å²) in [6, 6.07) is 40.5. The smallest absolute Gasteiger partial charge is 0.299 e. The monoisotopic (exact) mass is 644 g/mol. The Bertz CT molecular complexity index is 2690. The number of imidazole rings is 1. The van der Waals surface area contributed by atoms with Gasteiger partial charge in [-0.25, -0.2) is 4.57 Å². The van der Waals surface area contributed by atoms with Crippen LogP contribution in [0.15, 0.2) is 126 Å². The molecule has 0 aliphatic carbocycles. The van der Waals surface area contributed by atoms with E-state index in [0.717, 1.165) is 72.4 Å². The van der Waals surface area contributed by atoms with Gasteiger partial charge < -0.3 is 4.42 Å². The predicted molar refractivity (Wildman–Crippen MR) is 206 cm³/mol. The van der Waals surface area contributed by atoms with Crippen molar-refractivity contribution in [2.75, 3.05) is 0 Å². The second kappa shape index (κ2) is 11.9. The molecule has 49 heavy (non-hydrogen) atoms. The Morgan fingerprint density at radius 1 is 0.673 bits per heavy atom. The van der Waals surface area contributed by atoms with Crippen LogP contribution in [0.1, 0.15) is 68.6 Å². The molecule has 0 aliphatic heterocycles. The molecule has 3 nitrogen and oxygen atoms in total. The van der Waals surface area contributed by atoms with E-state index in [-0.39, 0.29) is 5.56 Å². The van der Waals surface area contributed by atoms with Crippen molar-refractivity contribution in [2.24, 2.45) is 7.05 Å². The average molecular weight is 645 g/mol. The van der Waals surface area contributed by atoms with Crippen LogP contribution in [0, 0.1) is 13.8 Å². The summed E-state index contributed by atoms with van der Waals surface area (Å²) < 4.78 is 55.8. The molecule has 0 N–H and O–H groups in total. The predicted octanol–water partition coefficient (Wildman–Crippen LogP) is 12.2. The van der Waals surface area contributed by atoms with Gasteiger partial charge in [0.1, 0.15) is 16.8 Å². The minimum Gasteiger partial charge on any atom is -0.455 e. The molecule has 0 fully saturated rings. The van der Waals surface area contributed by atoms with Gasteiger partial charge in [-0.1, -0.05) is 119 Å². The van der Waals surface area contributed by atoms with E-state index in [1.54, 1.807) is 6.07 Å². The number of nitrogens with zero attached hydrogens (tertiary/aromatic N) is 2. The molecular weight excluding hydrogens is 597 g/mol. The Morgan fingerprint density at radius 3 is 1.94 bits per heavy atom. The first-order valence-electron chi connectivity index (χ1n) is 19.3. The minimum absolute atomic E-state index is 0.248. The van der Waals surface area contributed by atoms with Crippen LogP contribution < -0.4 is 4.57 Å². The standard InChI is InChI=1S/C46H43N2O/c1-28(2)37-26-35(34-23-21-33(22-24-34)32-15-9-8-10-16-32)27-38(29(3)4)44(37)48-40-19-13-12-18-39(40)47(7)46(48)43-31(6)25-30(5)42-36-17-11-14-20-41(36)49-45(42)43/h8-29H,1-7H3/q+1/i5D3,28D,29D. The fraction of sp³-hybridized carbons (Fsp3) is 0.196. The lowest BCUT2D eigenvalue weighted by Gasteiger charge is -2.21. The summed E-state index contributed by atoms with van der Waals surface area (Å²) in [5.41, 5.74) is 11.2. The number of furan rings is 1. The number of fused-ring (bicyclic) bond motifs is 4. The van der Waals surface area contributed by atoms with E-state index in [0.29, 0.717) is 16.6 Å². The van der Waals surface area contributed by atoms with Crippen molar-refractivity contribution < 1.29 is 15.8 Å². The van der Waals surface area contributed by atoms with E-state index >= 15 is 0 Å². The third-order valence-corrected chi connectivity index (χ3v) is 9.82. The highest BCUT2D eigenvalue weighted by molar-refractivity contribution is 6.11. The molecule has 6 aromatic carbocycles. The fourth-order valence-corrected chi connectivity index (χ4v) is 7.42. The van der Waals surface area contributed by atoms with Gasteiger partial charge in [-0.3, -0.25) is 0 Å². The molecule has 0 bridgehead atoms. The van der Waals surface area contributed by atoms with Gasteiger partial charge in [0.25, 0.3) is 5.82 Å². The third-order valence-electron chi connectivity index (χ3n) is 9.82. The Kier molecular flexibility index (Phi) is 6.23. The molecule has 0 saturated carbocycles. The topological polar surface area (TPSA) is 21.9 Å². The van der Waals surface area contributed by atoms with Crippen molar-refractivity contribution in [3.05, 3.63) is 144 Å². The van der Waals surface area contributed by atoms with Crippen molar-refractivity contribution in [3.63, 3.8) is 0 Å². The maximum Gasteiger partial charge on any atom is 0.299 e. The lowest BCUT2D eigenvalue weighted by Crippen LogP contribution is -2.30. The Labute approximate surface area is 296 Å². The van der Waals surface area contributed by atoms with Crippen molar-refractivity contribution in [1.29, 1.82) is 0 Å². The first-order chi connectivity index (χ1) is 25.5. The van der Waals surface area contributed by atoms with Crippen LogP contribution in [-0.4, -0.2) is 4.57 Å². The number of benzene rings is 6. The quantitative estimate of drug-likeness (QED) is 0.165. The van der Waals surface area contributed by atoms with Crippen LogP contribution in [0.2, 0.25) is 0 Å². The molecule has 0 radical (unpaired) electrons. The molecule has 2 heterocycles. The first-order valence-corrected chi connectivity index (χ1v) is 16.8. The molecule has 8 aromatic rings. The lowest BCUT2D eigenvalue weighted by molar-refractivity contribution is -0.633. The number of hydrogen-bond donors (Lipinski definition) is 0. The number of hydrogen-bond acceptors (Lipinski definition) is 1. The maximum atomic E-state index is 9.64. The second-order valence-electron chi connectivity index (χ2n) is 13.5. The van der Waals surface area contributed by atoms with E-state index in [4.69, 9.17) is 8.53 Å². The van der Waals surface area contributed by atoms with E-state index in [1.165, 1.54) is 0 Å². The zero-order valence-corrected chi connectivity index (χ0v) is 28.8. The van der Waals surface area contributed by atoms with Gasteiger partial charge in [-0.05, 0) is 89.3 Å². The van der Waals surface area contributed by atoms with Gasteiger partial charge in [0, 0.05) is 28.8 Å². The van der Waals surface area contributed by atoms with E-state index in [1.807, 2.05) is 96.3 Å². The largest absolute Gasteiger partial charge is 0.455 e. The van der Waals surface area contributed by atoms with Gasteiger partial charge in [-0.15, -0.1) is 0 Å². The summed E-state index contributed by atoms with van der Waals surface area (Å²) >= 11 is 0. The molecular formula is C46H43N2O+. The molecule has 0 saturated heterocycles. The third kappa shape index (κ3) is 4.99. The molecule has 242 valence electrons. The van der Waals surface area contributed by atoms with Gasteiger partial charge in [0.05, 0.1) is 7.05 Å². The highest BCUT2D eigenvalue weighted by Crippen LogP contribution is 2.44. The number of aromatic nitrogens is 2. The Morgan fingerprint density at radius 2 is 1.27 bits per heavy atom. The zero-order valence-electron chi connectivity index (χ0n) is 33.8. The minimum atomic E-state index is -2.37. The summed E-state index contributed by atoms with van der Waals surface area (Å²) in [5.74, 6) is -1.39. The molecule has 0 spiro atoms. The highest BCUT2D eigenvalue weighted by Gasteiger charge is 2.34. The van der Waals surface area contributed by atoms with Crippen molar-refractivity contribution in [3.8, 4) is 39.3 Å². The average Bonchev–Trinajstić information content (AvgIpc) is 3.65. The van der Waals surface area contributed by atoms with E-state index < -0.39 is 18.6 Å². The van der Waals surface area contributed by atoms with Crippen molar-refractivity contribution >= 4 is 33.0 Å². The Balaban J connectivity index is 1.49. The molecule has 0 aliphatic rings. The fourth-order valence-electron chi connectivity index (χ4n) is 7.42. The SMILES string of the molecule is [2H]C([2H])([2H])c1cc(C)c(-c2n(-c3c(C([2H])(C)C)cc(-c4ccc(-c5ccccc5)cc4)cc3C([2H])(C)C)c3ccccc3[n+]2C)c2oc3ccccc3c12. The van der Waals surface area contributed by atoms with Crippen LogP contribution in [0.3, 0.4) is 0 Å². The molecule has 3 heteroatoms. The molecule has 0 amide bonds. The number of para-hydroxylation sites is 3. The summed E-state index contributed by atoms with van der Waals surface area (Å²) in [6.07, 6.45) is 0. The molecule has 8 rings (SSSR count). The molecule has 0 unspecified atom stereocenters. The van der Waals surface area contributed by atoms with Crippen LogP contribution in [0.5, 0.6) is 0 Å². The summed E-state index contributed by atoms with van der Waals surface area (Å²) in [4.78, 5) is 0. The highest BCUT2D eigenvalue weighted by atomic mass is 16.3. The second-order valence-corrected chi connectivity index (χ2v) is 13.5. The summed E-state index contributed by atoms with van der Waals surface area (Å²) in [5, 5.41) is 1.31. The molecule has 0 atom stereocenters. The number of aryl methyl sites for hydroxylation is 3. The normalized spacial score (nSPS) is 14.1. The molecule has 2 aromatic heterocycles. The Hall–Kier alpha value is -5.41. The van der Waals surface area contributed by atoms with Gasteiger partial charge in [0.15, 0.2) is 16.6 Å².